The third-order valence-electron chi connectivity index (χ3n) is 3.62. The Morgan fingerprint density at radius 2 is 1.89 bits per heavy atom. The van der Waals surface area contributed by atoms with Gasteiger partial charge in [0, 0.05) is 12.8 Å². The molecule has 0 atom stereocenters. The fourth-order valence-corrected chi connectivity index (χ4v) is 2.25. The molecule has 3 rings (SSSR count). The molecular formula is C18H21N5O4. The van der Waals surface area contributed by atoms with E-state index in [9.17, 15) is 4.79 Å². The molecule has 0 aliphatic carbocycles. The van der Waals surface area contributed by atoms with Crippen LogP contribution in [0.4, 0.5) is 5.69 Å². The highest BCUT2D eigenvalue weighted by molar-refractivity contribution is 6.02. The van der Waals surface area contributed by atoms with Gasteiger partial charge in [0.25, 0.3) is 5.91 Å². The van der Waals surface area contributed by atoms with Crippen LogP contribution >= 0.6 is 0 Å². The zero-order valence-corrected chi connectivity index (χ0v) is 15.2. The molecule has 0 saturated carbocycles. The van der Waals surface area contributed by atoms with Crippen LogP contribution in [0.15, 0.2) is 48.9 Å². The maximum atomic E-state index is 12.3. The van der Waals surface area contributed by atoms with Crippen molar-refractivity contribution >= 4 is 11.6 Å². The quantitative estimate of drug-likeness (QED) is 0.621. The van der Waals surface area contributed by atoms with Gasteiger partial charge in [-0.3, -0.25) is 4.79 Å². The van der Waals surface area contributed by atoms with E-state index in [1.165, 1.54) is 4.68 Å². The van der Waals surface area contributed by atoms with Gasteiger partial charge in [0.05, 0.1) is 25.2 Å². The van der Waals surface area contributed by atoms with Crippen molar-refractivity contribution in [3.05, 3.63) is 54.6 Å². The molecule has 2 heterocycles. The highest BCUT2D eigenvalue weighted by atomic mass is 16.5. The minimum atomic E-state index is -0.325. The zero-order chi connectivity index (χ0) is 19.1. The van der Waals surface area contributed by atoms with Crippen molar-refractivity contribution in [3.8, 4) is 11.5 Å². The number of methoxy groups -OCH3 is 1. The van der Waals surface area contributed by atoms with Gasteiger partial charge in [-0.1, -0.05) is 0 Å². The minimum absolute atomic E-state index is 0.186. The second-order valence-electron chi connectivity index (χ2n) is 5.53. The summed E-state index contributed by atoms with van der Waals surface area (Å²) in [5.41, 5.74) is 0.856. The Morgan fingerprint density at radius 1 is 1.11 bits per heavy atom. The molecule has 0 radical (unpaired) electrons. The molecule has 0 aliphatic heterocycles. The molecule has 0 aliphatic rings. The lowest BCUT2D eigenvalue weighted by atomic mass is 10.3. The normalized spacial score (nSPS) is 10.6. The Bertz CT molecular complexity index is 872. The van der Waals surface area contributed by atoms with E-state index in [-0.39, 0.29) is 18.3 Å². The van der Waals surface area contributed by atoms with Crippen LogP contribution in [-0.4, -0.2) is 39.2 Å². The van der Waals surface area contributed by atoms with Crippen LogP contribution in [0.1, 0.15) is 17.4 Å². The number of aromatic nitrogens is 4. The first kappa shape index (κ1) is 18.5. The van der Waals surface area contributed by atoms with Gasteiger partial charge in [-0.25, -0.2) is 9.36 Å². The number of rotatable bonds is 9. The molecule has 27 heavy (non-hydrogen) atoms. The molecule has 1 N–H and O–H groups in total. The summed E-state index contributed by atoms with van der Waals surface area (Å²) >= 11 is 0. The topological polar surface area (TPSA) is 92.4 Å². The Labute approximate surface area is 156 Å². The summed E-state index contributed by atoms with van der Waals surface area (Å²) in [5.74, 6) is 1.11. The van der Waals surface area contributed by atoms with Crippen LogP contribution in [0.2, 0.25) is 0 Å². The maximum Gasteiger partial charge on any atom is 0.276 e. The Balaban J connectivity index is 1.53. The summed E-state index contributed by atoms with van der Waals surface area (Å²) in [7, 11) is 1.61. The van der Waals surface area contributed by atoms with E-state index < -0.39 is 0 Å². The summed E-state index contributed by atoms with van der Waals surface area (Å²) in [6.45, 7) is 3.02. The number of nitrogens with one attached hydrogen (secondary N) is 1. The van der Waals surface area contributed by atoms with Crippen LogP contribution < -0.4 is 14.8 Å². The molecule has 3 aromatic rings. The molecule has 1 aromatic carbocycles. The average Bonchev–Trinajstić information content (AvgIpc) is 3.34. The van der Waals surface area contributed by atoms with Gasteiger partial charge >= 0.3 is 0 Å². The number of amides is 1. The van der Waals surface area contributed by atoms with Gasteiger partial charge in [-0.2, -0.15) is 10.2 Å². The van der Waals surface area contributed by atoms with Crippen LogP contribution in [-0.2, 0) is 18.2 Å². The van der Waals surface area contributed by atoms with E-state index in [0.717, 1.165) is 5.75 Å². The molecule has 2 aromatic heterocycles. The molecule has 0 spiro atoms. The fourth-order valence-electron chi connectivity index (χ4n) is 2.25. The Kier molecular flexibility index (Phi) is 6.06. The Hall–Kier alpha value is -3.33. The fraction of sp³-hybridized carbons (Fsp3) is 0.278. The number of nitrogens with zero attached hydrogens (tertiary/aromatic N) is 4. The van der Waals surface area contributed by atoms with Crippen molar-refractivity contribution in [1.82, 2.24) is 19.6 Å². The standard InChI is InChI=1S/C18H21N5O4/c1-3-26-12-23-11-14(10-19-23)20-18(24)17-8-9-22(21-17)13-27-16-6-4-15(25-2)5-7-16/h4-11H,3,12-13H2,1-2H3,(H,20,24). The molecule has 1 amide bonds. The van der Waals surface area contributed by atoms with Crippen LogP contribution in [0.5, 0.6) is 11.5 Å². The molecule has 142 valence electrons. The van der Waals surface area contributed by atoms with Crippen molar-refractivity contribution in [2.24, 2.45) is 0 Å². The van der Waals surface area contributed by atoms with Crippen molar-refractivity contribution in [2.75, 3.05) is 19.0 Å². The van der Waals surface area contributed by atoms with E-state index in [1.54, 1.807) is 48.6 Å². The Morgan fingerprint density at radius 3 is 2.63 bits per heavy atom. The summed E-state index contributed by atoms with van der Waals surface area (Å²) in [4.78, 5) is 12.3. The molecule has 0 bridgehead atoms. The average molecular weight is 371 g/mol. The number of benzene rings is 1. The van der Waals surface area contributed by atoms with Crippen LogP contribution in [0.25, 0.3) is 0 Å². The SMILES string of the molecule is CCOCn1cc(NC(=O)c2ccn(COc3ccc(OC)cc3)n2)cn1. The van der Waals surface area contributed by atoms with Gasteiger partial charge in [0.1, 0.15) is 18.2 Å². The smallest absolute Gasteiger partial charge is 0.276 e. The van der Waals surface area contributed by atoms with E-state index in [0.29, 0.717) is 24.8 Å². The number of ether oxygens (including phenoxy) is 3. The number of carbonyl (C=O) groups excluding carboxylic acids is 1. The van der Waals surface area contributed by atoms with E-state index in [2.05, 4.69) is 15.5 Å². The molecular weight excluding hydrogens is 350 g/mol. The van der Waals surface area contributed by atoms with Crippen LogP contribution in [0, 0.1) is 0 Å². The van der Waals surface area contributed by atoms with Gasteiger partial charge < -0.3 is 19.5 Å². The monoisotopic (exact) mass is 371 g/mol. The van der Waals surface area contributed by atoms with Gasteiger partial charge in [0.2, 0.25) is 0 Å². The van der Waals surface area contributed by atoms with Crippen molar-refractivity contribution < 1.29 is 19.0 Å². The minimum Gasteiger partial charge on any atom is -0.497 e. The second kappa shape index (κ2) is 8.86. The molecule has 9 heteroatoms. The summed E-state index contributed by atoms with van der Waals surface area (Å²) in [6.07, 6.45) is 4.93. The third-order valence-corrected chi connectivity index (χ3v) is 3.62. The van der Waals surface area contributed by atoms with Crippen molar-refractivity contribution in [2.45, 2.75) is 20.4 Å². The molecule has 0 fully saturated rings. The van der Waals surface area contributed by atoms with Gasteiger partial charge in [-0.05, 0) is 37.3 Å². The maximum absolute atomic E-state index is 12.3. The highest BCUT2D eigenvalue weighted by Gasteiger charge is 2.11. The number of anilines is 1. The summed E-state index contributed by atoms with van der Waals surface area (Å²) < 4.78 is 19.1. The number of hydrogen-bond donors (Lipinski definition) is 1. The predicted molar refractivity (Wildman–Crippen MR) is 97.7 cm³/mol. The lowest BCUT2D eigenvalue weighted by molar-refractivity contribution is 0.0792. The van der Waals surface area contributed by atoms with Gasteiger partial charge in [-0.15, -0.1) is 0 Å². The highest BCUT2D eigenvalue weighted by Crippen LogP contribution is 2.17. The number of hydrogen-bond acceptors (Lipinski definition) is 6. The lowest BCUT2D eigenvalue weighted by Crippen LogP contribution is -2.14. The van der Waals surface area contributed by atoms with Crippen molar-refractivity contribution in [1.29, 1.82) is 0 Å². The van der Waals surface area contributed by atoms with Crippen LogP contribution in [0.3, 0.4) is 0 Å². The lowest BCUT2D eigenvalue weighted by Gasteiger charge is -2.07. The van der Waals surface area contributed by atoms with Crippen molar-refractivity contribution in [3.63, 3.8) is 0 Å². The molecule has 0 unspecified atom stereocenters. The summed E-state index contributed by atoms with van der Waals surface area (Å²) in [5, 5.41) is 11.1. The zero-order valence-electron chi connectivity index (χ0n) is 15.2. The third kappa shape index (κ3) is 5.08. The summed E-state index contributed by atoms with van der Waals surface area (Å²) in [6, 6.07) is 8.84. The molecule has 0 saturated heterocycles. The van der Waals surface area contributed by atoms with E-state index in [1.807, 2.05) is 19.1 Å². The predicted octanol–water partition coefficient (Wildman–Crippen LogP) is 2.37. The first-order valence-electron chi connectivity index (χ1n) is 8.40. The first-order valence-corrected chi connectivity index (χ1v) is 8.40. The second-order valence-corrected chi connectivity index (χ2v) is 5.53. The van der Waals surface area contributed by atoms with E-state index >= 15 is 0 Å². The van der Waals surface area contributed by atoms with Gasteiger partial charge in [0.15, 0.2) is 12.4 Å². The molecule has 9 nitrogen and oxygen atoms in total. The largest absolute Gasteiger partial charge is 0.497 e. The van der Waals surface area contributed by atoms with E-state index in [4.69, 9.17) is 14.2 Å². The first-order chi connectivity index (χ1) is 13.2. The number of carbonyl (C=O) groups is 1.